The highest BCUT2D eigenvalue weighted by Gasteiger charge is 2.37. The van der Waals surface area contributed by atoms with Gasteiger partial charge in [-0.25, -0.2) is 0 Å². The highest BCUT2D eigenvalue weighted by molar-refractivity contribution is 5.79. The Balaban J connectivity index is 1.55. The van der Waals surface area contributed by atoms with Crippen molar-refractivity contribution in [1.29, 1.82) is 0 Å². The Labute approximate surface area is 109 Å². The lowest BCUT2D eigenvalue weighted by Gasteiger charge is -2.47. The van der Waals surface area contributed by atoms with Crippen LogP contribution in [-0.4, -0.2) is 49.1 Å². The van der Waals surface area contributed by atoms with E-state index in [4.69, 9.17) is 0 Å². The minimum atomic E-state index is 0.212. The van der Waals surface area contributed by atoms with Gasteiger partial charge >= 0.3 is 0 Å². The summed E-state index contributed by atoms with van der Waals surface area (Å²) < 4.78 is 0. The number of carbonyl (C=O) groups is 1. The van der Waals surface area contributed by atoms with Gasteiger partial charge in [0, 0.05) is 24.7 Å². The number of carbonyl (C=O) groups excluding carboxylic acids is 1. The Morgan fingerprint density at radius 3 is 2.56 bits per heavy atom. The zero-order valence-electron chi connectivity index (χ0n) is 11.3. The van der Waals surface area contributed by atoms with Crippen molar-refractivity contribution in [2.45, 2.75) is 56.7 Å². The predicted octanol–water partition coefficient (Wildman–Crippen LogP) is 0.727. The van der Waals surface area contributed by atoms with E-state index in [2.05, 4.69) is 22.6 Å². The number of rotatable bonds is 2. The van der Waals surface area contributed by atoms with Crippen LogP contribution in [0, 0.1) is 5.92 Å². The van der Waals surface area contributed by atoms with E-state index >= 15 is 0 Å². The van der Waals surface area contributed by atoms with Crippen LogP contribution in [0.15, 0.2) is 0 Å². The Morgan fingerprint density at radius 1 is 1.22 bits per heavy atom. The zero-order valence-corrected chi connectivity index (χ0v) is 11.3. The maximum absolute atomic E-state index is 12.2. The molecule has 3 aliphatic heterocycles. The van der Waals surface area contributed by atoms with Crippen molar-refractivity contribution in [1.82, 2.24) is 15.5 Å². The van der Waals surface area contributed by atoms with Crippen molar-refractivity contribution < 1.29 is 4.79 Å². The third-order valence-electron chi connectivity index (χ3n) is 5.12. The molecule has 0 aromatic carbocycles. The van der Waals surface area contributed by atoms with Crippen LogP contribution in [0.3, 0.4) is 0 Å². The monoisotopic (exact) mass is 251 g/mol. The molecule has 3 rings (SSSR count). The molecule has 3 aliphatic rings. The van der Waals surface area contributed by atoms with E-state index in [1.165, 1.54) is 19.3 Å². The van der Waals surface area contributed by atoms with Crippen LogP contribution in [0.5, 0.6) is 0 Å². The number of nitrogens with one attached hydrogen (secondary N) is 2. The molecule has 0 spiro atoms. The van der Waals surface area contributed by atoms with Crippen molar-refractivity contribution in [2.75, 3.05) is 20.1 Å². The number of hydrogen-bond acceptors (Lipinski definition) is 3. The highest BCUT2D eigenvalue weighted by atomic mass is 16.2. The lowest BCUT2D eigenvalue weighted by Crippen LogP contribution is -2.55. The Bertz CT molecular complexity index is 300. The van der Waals surface area contributed by atoms with Gasteiger partial charge in [-0.3, -0.25) is 4.79 Å². The van der Waals surface area contributed by atoms with E-state index < -0.39 is 0 Å². The highest BCUT2D eigenvalue weighted by Crippen LogP contribution is 2.32. The fourth-order valence-electron chi connectivity index (χ4n) is 3.93. The first-order valence-corrected chi connectivity index (χ1v) is 7.47. The molecule has 1 amide bonds. The van der Waals surface area contributed by atoms with E-state index in [-0.39, 0.29) is 11.8 Å². The van der Waals surface area contributed by atoms with Crippen LogP contribution in [-0.2, 0) is 4.79 Å². The second kappa shape index (κ2) is 5.17. The number of piperidine rings is 2. The van der Waals surface area contributed by atoms with E-state index in [0.29, 0.717) is 18.1 Å². The first-order valence-electron chi connectivity index (χ1n) is 7.47. The van der Waals surface area contributed by atoms with Crippen molar-refractivity contribution in [2.24, 2.45) is 5.92 Å². The van der Waals surface area contributed by atoms with Crippen LogP contribution >= 0.6 is 0 Å². The fraction of sp³-hybridized carbons (Fsp3) is 0.929. The minimum Gasteiger partial charge on any atom is -0.353 e. The van der Waals surface area contributed by atoms with E-state index in [9.17, 15) is 4.79 Å². The van der Waals surface area contributed by atoms with Crippen LogP contribution in [0.4, 0.5) is 0 Å². The number of amides is 1. The molecular weight excluding hydrogens is 226 g/mol. The van der Waals surface area contributed by atoms with Crippen molar-refractivity contribution in [3.8, 4) is 0 Å². The van der Waals surface area contributed by atoms with Gasteiger partial charge in [0.05, 0.1) is 5.92 Å². The average Bonchev–Trinajstić information content (AvgIpc) is 2.84. The Hall–Kier alpha value is -0.610. The number of nitrogens with zero attached hydrogens (tertiary/aromatic N) is 1. The molecule has 18 heavy (non-hydrogen) atoms. The maximum Gasteiger partial charge on any atom is 0.224 e. The van der Waals surface area contributed by atoms with Crippen molar-refractivity contribution in [3.63, 3.8) is 0 Å². The van der Waals surface area contributed by atoms with E-state index in [1.54, 1.807) is 0 Å². The molecule has 0 radical (unpaired) electrons. The normalized spacial score (nSPS) is 40.7. The Kier molecular flexibility index (Phi) is 3.57. The number of hydrogen-bond donors (Lipinski definition) is 2. The van der Waals surface area contributed by atoms with Gasteiger partial charge in [0.25, 0.3) is 0 Å². The smallest absolute Gasteiger partial charge is 0.224 e. The average molecular weight is 251 g/mol. The maximum atomic E-state index is 12.2. The number of fused-ring (bicyclic) bond motifs is 2. The van der Waals surface area contributed by atoms with Gasteiger partial charge in [0.2, 0.25) is 5.91 Å². The van der Waals surface area contributed by atoms with Gasteiger partial charge in [-0.2, -0.15) is 0 Å². The first kappa shape index (κ1) is 12.4. The van der Waals surface area contributed by atoms with Crippen LogP contribution in [0.1, 0.15) is 38.5 Å². The predicted molar refractivity (Wildman–Crippen MR) is 71.3 cm³/mol. The summed E-state index contributed by atoms with van der Waals surface area (Å²) in [5.41, 5.74) is 0. The quantitative estimate of drug-likeness (QED) is 0.760. The molecule has 102 valence electrons. The molecule has 0 aromatic heterocycles. The van der Waals surface area contributed by atoms with Gasteiger partial charge in [0.1, 0.15) is 0 Å². The molecule has 3 fully saturated rings. The molecule has 4 heteroatoms. The fourth-order valence-corrected chi connectivity index (χ4v) is 3.93. The second-order valence-corrected chi connectivity index (χ2v) is 6.27. The summed E-state index contributed by atoms with van der Waals surface area (Å²) in [7, 11) is 2.26. The summed E-state index contributed by atoms with van der Waals surface area (Å²) in [4.78, 5) is 14.7. The molecule has 0 aliphatic carbocycles. The minimum absolute atomic E-state index is 0.212. The molecule has 3 heterocycles. The van der Waals surface area contributed by atoms with Crippen molar-refractivity contribution >= 4 is 5.91 Å². The van der Waals surface area contributed by atoms with Crippen LogP contribution < -0.4 is 10.6 Å². The van der Waals surface area contributed by atoms with Gasteiger partial charge in [-0.1, -0.05) is 6.42 Å². The first-order chi connectivity index (χ1) is 8.74. The summed E-state index contributed by atoms with van der Waals surface area (Å²) in [5.74, 6) is 0.497. The summed E-state index contributed by atoms with van der Waals surface area (Å²) in [5, 5.41) is 6.57. The molecule has 2 N–H and O–H groups in total. The third kappa shape index (κ3) is 2.41. The largest absolute Gasteiger partial charge is 0.353 e. The second-order valence-electron chi connectivity index (χ2n) is 6.27. The van der Waals surface area contributed by atoms with Crippen LogP contribution in [0.25, 0.3) is 0 Å². The molecule has 4 nitrogen and oxygen atoms in total. The van der Waals surface area contributed by atoms with Gasteiger partial charge < -0.3 is 15.5 Å². The molecular formula is C14H25N3O. The SMILES string of the molecule is CN1C2CCCC1CC(NC(=O)C1CCNC1)C2. The molecule has 3 unspecified atom stereocenters. The summed E-state index contributed by atoms with van der Waals surface area (Å²) in [6, 6.07) is 1.82. The third-order valence-corrected chi connectivity index (χ3v) is 5.12. The summed E-state index contributed by atoms with van der Waals surface area (Å²) >= 11 is 0. The molecule has 3 saturated heterocycles. The zero-order chi connectivity index (χ0) is 12.5. The van der Waals surface area contributed by atoms with Gasteiger partial charge in [-0.05, 0) is 45.7 Å². The van der Waals surface area contributed by atoms with E-state index in [0.717, 1.165) is 32.4 Å². The molecule has 2 bridgehead atoms. The van der Waals surface area contributed by atoms with Gasteiger partial charge in [0.15, 0.2) is 0 Å². The lowest BCUT2D eigenvalue weighted by molar-refractivity contribution is -0.125. The van der Waals surface area contributed by atoms with E-state index in [1.807, 2.05) is 0 Å². The molecule has 0 aromatic rings. The summed E-state index contributed by atoms with van der Waals surface area (Å²) in [6.45, 7) is 1.86. The summed E-state index contributed by atoms with van der Waals surface area (Å²) in [6.07, 6.45) is 7.30. The van der Waals surface area contributed by atoms with Crippen LogP contribution in [0.2, 0.25) is 0 Å². The van der Waals surface area contributed by atoms with Crippen molar-refractivity contribution in [3.05, 3.63) is 0 Å². The Morgan fingerprint density at radius 2 is 1.94 bits per heavy atom. The topological polar surface area (TPSA) is 44.4 Å². The standard InChI is InChI=1S/C14H25N3O/c1-17-12-3-2-4-13(17)8-11(7-12)16-14(18)10-5-6-15-9-10/h10-13,15H,2-9H2,1H3,(H,16,18). The molecule has 0 saturated carbocycles. The molecule has 3 atom stereocenters. The lowest BCUT2D eigenvalue weighted by atomic mass is 9.82. The van der Waals surface area contributed by atoms with Gasteiger partial charge in [-0.15, -0.1) is 0 Å².